The highest BCUT2D eigenvalue weighted by molar-refractivity contribution is 7.90. The van der Waals surface area contributed by atoms with Crippen molar-refractivity contribution in [2.45, 2.75) is 4.90 Å². The van der Waals surface area contributed by atoms with Crippen LogP contribution < -0.4 is 5.32 Å². The number of anilines is 1. The van der Waals surface area contributed by atoms with E-state index in [0.717, 1.165) is 10.0 Å². The average molecular weight is 419 g/mol. The number of halogens is 1. The van der Waals surface area contributed by atoms with Gasteiger partial charge in [-0.2, -0.15) is 0 Å². The molecule has 2 aromatic carbocycles. The van der Waals surface area contributed by atoms with Gasteiger partial charge in [0.15, 0.2) is 0 Å². The van der Waals surface area contributed by atoms with Crippen molar-refractivity contribution in [3.63, 3.8) is 0 Å². The molecule has 3 aromatic rings. The minimum absolute atomic E-state index is 0.0239. The number of esters is 1. The van der Waals surface area contributed by atoms with Gasteiger partial charge < -0.3 is 10.1 Å². The second-order valence-electron chi connectivity index (χ2n) is 5.67. The second kappa shape index (κ2) is 7.87. The molecule has 0 fully saturated rings. The van der Waals surface area contributed by atoms with Crippen molar-refractivity contribution in [3.8, 4) is 0 Å². The number of benzene rings is 2. The molecule has 1 heterocycles. The molecule has 0 saturated heterocycles. The van der Waals surface area contributed by atoms with Gasteiger partial charge in [-0.15, -0.1) is 0 Å². The lowest BCUT2D eigenvalue weighted by Gasteiger charge is -2.14. The number of hydrogen-bond acceptors (Lipinski definition) is 5. The highest BCUT2D eigenvalue weighted by Crippen LogP contribution is 2.33. The van der Waals surface area contributed by atoms with Gasteiger partial charge in [-0.3, -0.25) is 4.79 Å². The Kier molecular flexibility index (Phi) is 5.53. The molecular weight excluding hydrogens is 404 g/mol. The van der Waals surface area contributed by atoms with E-state index >= 15 is 0 Å². The lowest BCUT2D eigenvalue weighted by Crippen LogP contribution is -2.17. The first-order valence-corrected chi connectivity index (χ1v) is 9.83. The van der Waals surface area contributed by atoms with Crippen LogP contribution >= 0.6 is 11.6 Å². The van der Waals surface area contributed by atoms with Crippen LogP contribution in [0.25, 0.3) is 0 Å². The zero-order valence-electron chi connectivity index (χ0n) is 14.6. The summed E-state index contributed by atoms with van der Waals surface area (Å²) in [4.78, 5) is 24.1. The van der Waals surface area contributed by atoms with Crippen molar-refractivity contribution >= 4 is 39.2 Å². The van der Waals surface area contributed by atoms with E-state index in [-0.39, 0.29) is 21.2 Å². The topological polar surface area (TPSA) is 94.5 Å². The third-order valence-corrected chi connectivity index (χ3v) is 6.07. The van der Waals surface area contributed by atoms with E-state index in [4.69, 9.17) is 11.6 Å². The first-order chi connectivity index (χ1) is 13.3. The van der Waals surface area contributed by atoms with E-state index in [9.17, 15) is 18.0 Å². The summed E-state index contributed by atoms with van der Waals surface area (Å²) in [7, 11) is -2.92. The highest BCUT2D eigenvalue weighted by atomic mass is 35.5. The standard InChI is InChI=1S/C19H15ClN2O5S/c1-27-19(24)14-11-15(21-18(23)13-7-3-2-4-8-13)17(20)16(12-14)28(25,26)22-9-5-6-10-22/h2-12H,1H3,(H,21,23). The van der Waals surface area contributed by atoms with Crippen molar-refractivity contribution < 1.29 is 22.7 Å². The maximum atomic E-state index is 12.9. The van der Waals surface area contributed by atoms with Crippen molar-refractivity contribution in [2.24, 2.45) is 0 Å². The molecule has 0 radical (unpaired) electrons. The summed E-state index contributed by atoms with van der Waals surface area (Å²) in [5.41, 5.74) is 0.252. The quantitative estimate of drug-likeness (QED) is 0.640. The van der Waals surface area contributed by atoms with Crippen LogP contribution in [0.3, 0.4) is 0 Å². The lowest BCUT2D eigenvalue weighted by atomic mass is 10.1. The van der Waals surface area contributed by atoms with Crippen LogP contribution in [0.2, 0.25) is 5.02 Å². The maximum Gasteiger partial charge on any atom is 0.337 e. The van der Waals surface area contributed by atoms with E-state index in [0.29, 0.717) is 5.56 Å². The van der Waals surface area contributed by atoms with Crippen molar-refractivity contribution in [2.75, 3.05) is 12.4 Å². The predicted molar refractivity (Wildman–Crippen MR) is 104 cm³/mol. The summed E-state index contributed by atoms with van der Waals surface area (Å²) in [6, 6.07) is 13.7. The number of aromatic nitrogens is 1. The number of hydrogen-bond donors (Lipinski definition) is 1. The van der Waals surface area contributed by atoms with Gasteiger partial charge in [0.05, 0.1) is 23.4 Å². The fourth-order valence-electron chi connectivity index (χ4n) is 2.49. The summed E-state index contributed by atoms with van der Waals surface area (Å²) in [6.45, 7) is 0. The van der Waals surface area contributed by atoms with E-state index < -0.39 is 21.9 Å². The molecule has 0 saturated carbocycles. The molecular formula is C19H15ClN2O5S. The van der Waals surface area contributed by atoms with Gasteiger partial charge in [0.2, 0.25) is 0 Å². The molecule has 0 aliphatic carbocycles. The fourth-order valence-corrected chi connectivity index (χ4v) is 4.24. The summed E-state index contributed by atoms with van der Waals surface area (Å²) < 4.78 is 31.4. The molecule has 0 unspecified atom stereocenters. The van der Waals surface area contributed by atoms with Gasteiger partial charge in [-0.05, 0) is 36.4 Å². The molecule has 3 rings (SSSR count). The number of carbonyl (C=O) groups is 2. The molecule has 144 valence electrons. The van der Waals surface area contributed by atoms with Gasteiger partial charge >= 0.3 is 5.97 Å². The summed E-state index contributed by atoms with van der Waals surface area (Å²) in [6.07, 6.45) is 2.66. The molecule has 0 aliphatic heterocycles. The molecule has 1 amide bonds. The lowest BCUT2D eigenvalue weighted by molar-refractivity contribution is 0.0600. The Morgan fingerprint density at radius 1 is 1.00 bits per heavy atom. The Balaban J connectivity index is 2.12. The number of nitrogens with zero attached hydrogens (tertiary/aromatic N) is 1. The largest absolute Gasteiger partial charge is 0.465 e. The summed E-state index contributed by atoms with van der Waals surface area (Å²) in [5, 5.41) is 2.33. The van der Waals surface area contributed by atoms with E-state index in [1.165, 1.54) is 37.7 Å². The van der Waals surface area contributed by atoms with Crippen LogP contribution in [-0.4, -0.2) is 31.4 Å². The number of nitrogens with one attached hydrogen (secondary N) is 1. The Bertz CT molecular complexity index is 1130. The highest BCUT2D eigenvalue weighted by Gasteiger charge is 2.25. The molecule has 28 heavy (non-hydrogen) atoms. The van der Waals surface area contributed by atoms with Crippen LogP contribution in [0.4, 0.5) is 5.69 Å². The zero-order valence-corrected chi connectivity index (χ0v) is 16.2. The third-order valence-electron chi connectivity index (χ3n) is 3.88. The zero-order chi connectivity index (χ0) is 20.3. The normalized spacial score (nSPS) is 11.1. The van der Waals surface area contributed by atoms with Crippen LogP contribution in [0.15, 0.2) is 71.9 Å². The molecule has 9 heteroatoms. The monoisotopic (exact) mass is 418 g/mol. The number of methoxy groups -OCH3 is 1. The number of rotatable bonds is 5. The molecule has 0 atom stereocenters. The number of carbonyl (C=O) groups excluding carboxylic acids is 2. The molecule has 0 spiro atoms. The van der Waals surface area contributed by atoms with Crippen LogP contribution in [-0.2, 0) is 14.8 Å². The molecule has 1 aromatic heterocycles. The Morgan fingerprint density at radius 3 is 2.25 bits per heavy atom. The smallest absolute Gasteiger partial charge is 0.337 e. The Labute approximate surface area is 166 Å². The third kappa shape index (κ3) is 3.78. The minimum atomic E-state index is -4.09. The van der Waals surface area contributed by atoms with Crippen molar-refractivity contribution in [3.05, 3.63) is 83.1 Å². The van der Waals surface area contributed by atoms with Crippen LogP contribution in [0.5, 0.6) is 0 Å². The summed E-state index contributed by atoms with van der Waals surface area (Å²) in [5.74, 6) is -1.27. The van der Waals surface area contributed by atoms with Gasteiger partial charge in [-0.25, -0.2) is 17.2 Å². The van der Waals surface area contributed by atoms with Gasteiger partial charge in [0, 0.05) is 18.0 Å². The fraction of sp³-hybridized carbons (Fsp3) is 0.0526. The first-order valence-electron chi connectivity index (χ1n) is 8.01. The van der Waals surface area contributed by atoms with Gasteiger partial charge in [-0.1, -0.05) is 29.8 Å². The molecule has 1 N–H and O–H groups in total. The van der Waals surface area contributed by atoms with Crippen molar-refractivity contribution in [1.82, 2.24) is 3.97 Å². The van der Waals surface area contributed by atoms with Crippen LogP contribution in [0.1, 0.15) is 20.7 Å². The van der Waals surface area contributed by atoms with Crippen molar-refractivity contribution in [1.29, 1.82) is 0 Å². The van der Waals surface area contributed by atoms with E-state index in [2.05, 4.69) is 10.1 Å². The molecule has 0 aliphatic rings. The van der Waals surface area contributed by atoms with E-state index in [1.807, 2.05) is 0 Å². The molecule has 0 bridgehead atoms. The minimum Gasteiger partial charge on any atom is -0.465 e. The second-order valence-corrected chi connectivity index (χ2v) is 7.86. The number of ether oxygens (including phenoxy) is 1. The Morgan fingerprint density at radius 2 is 1.64 bits per heavy atom. The SMILES string of the molecule is COC(=O)c1cc(NC(=O)c2ccccc2)c(Cl)c(S(=O)(=O)n2cccc2)c1. The predicted octanol–water partition coefficient (Wildman–Crippen LogP) is 3.42. The van der Waals surface area contributed by atoms with Gasteiger partial charge in [0.1, 0.15) is 4.90 Å². The Hall–Kier alpha value is -3.10. The maximum absolute atomic E-state index is 12.9. The first kappa shape index (κ1) is 19.7. The van der Waals surface area contributed by atoms with Gasteiger partial charge in [0.25, 0.3) is 15.9 Å². The number of amides is 1. The van der Waals surface area contributed by atoms with Crippen LogP contribution in [0, 0.1) is 0 Å². The average Bonchev–Trinajstić information content (AvgIpc) is 3.25. The molecule has 7 nitrogen and oxygen atoms in total. The summed E-state index contributed by atoms with van der Waals surface area (Å²) >= 11 is 6.30. The van der Waals surface area contributed by atoms with E-state index in [1.54, 1.807) is 30.3 Å².